The van der Waals surface area contributed by atoms with Crippen molar-refractivity contribution in [2.75, 3.05) is 18.8 Å². The lowest BCUT2D eigenvalue weighted by molar-refractivity contribution is -0.121. The minimum absolute atomic E-state index is 0.0596. The first-order valence-electron chi connectivity index (χ1n) is 8.77. The molecule has 1 aromatic rings. The van der Waals surface area contributed by atoms with Gasteiger partial charge < -0.3 is 10.4 Å². The fourth-order valence-corrected chi connectivity index (χ4v) is 4.90. The first-order chi connectivity index (χ1) is 12.2. The summed E-state index contributed by atoms with van der Waals surface area (Å²) in [6.07, 6.45) is 1.27. The first kappa shape index (κ1) is 20.4. The van der Waals surface area contributed by atoms with Crippen LogP contribution in [0.5, 0.6) is 0 Å². The predicted molar refractivity (Wildman–Crippen MR) is 98.5 cm³/mol. The van der Waals surface area contributed by atoms with Crippen LogP contribution in [-0.2, 0) is 21.2 Å². The SMILES string of the molecule is CC(C)CS(=O)(=O)N1CCC(NC(=O)Cc2cccc(C(=O)O)c2)CC1. The van der Waals surface area contributed by atoms with Gasteiger partial charge in [0.15, 0.2) is 0 Å². The molecule has 144 valence electrons. The topological polar surface area (TPSA) is 104 Å². The van der Waals surface area contributed by atoms with Crippen molar-refractivity contribution in [3.8, 4) is 0 Å². The van der Waals surface area contributed by atoms with E-state index in [1.54, 1.807) is 12.1 Å². The van der Waals surface area contributed by atoms with Gasteiger partial charge in [0.05, 0.1) is 17.7 Å². The average Bonchev–Trinajstić information content (AvgIpc) is 2.54. The molecule has 1 aliphatic heterocycles. The quantitative estimate of drug-likeness (QED) is 0.744. The second-order valence-electron chi connectivity index (χ2n) is 7.10. The summed E-state index contributed by atoms with van der Waals surface area (Å²) < 4.78 is 26.0. The number of sulfonamides is 1. The zero-order valence-corrected chi connectivity index (χ0v) is 16.0. The van der Waals surface area contributed by atoms with Crippen molar-refractivity contribution in [1.82, 2.24) is 9.62 Å². The Morgan fingerprint density at radius 3 is 2.50 bits per heavy atom. The van der Waals surface area contributed by atoms with Crippen LogP contribution >= 0.6 is 0 Å². The van der Waals surface area contributed by atoms with E-state index < -0.39 is 16.0 Å². The third-order valence-electron chi connectivity index (χ3n) is 4.29. The standard InChI is InChI=1S/C18H26N2O5S/c1-13(2)12-26(24,25)20-8-6-16(7-9-20)19-17(21)11-14-4-3-5-15(10-14)18(22)23/h3-5,10,13,16H,6-9,11-12H2,1-2H3,(H,19,21)(H,22,23). The molecule has 1 aliphatic rings. The minimum atomic E-state index is -3.23. The van der Waals surface area contributed by atoms with E-state index in [9.17, 15) is 18.0 Å². The number of nitrogens with zero attached hydrogens (tertiary/aromatic N) is 1. The van der Waals surface area contributed by atoms with E-state index in [0.29, 0.717) is 31.5 Å². The van der Waals surface area contributed by atoms with Gasteiger partial charge in [0.2, 0.25) is 15.9 Å². The second-order valence-corrected chi connectivity index (χ2v) is 9.11. The van der Waals surface area contributed by atoms with Crippen molar-refractivity contribution in [3.63, 3.8) is 0 Å². The normalized spacial score (nSPS) is 16.6. The molecule has 0 radical (unpaired) electrons. The number of carboxylic acids is 1. The van der Waals surface area contributed by atoms with Gasteiger partial charge in [0, 0.05) is 19.1 Å². The Kier molecular flexibility index (Phi) is 6.77. The van der Waals surface area contributed by atoms with E-state index in [1.807, 2.05) is 13.8 Å². The molecule has 8 heteroatoms. The van der Waals surface area contributed by atoms with Gasteiger partial charge in [-0.25, -0.2) is 17.5 Å². The lowest BCUT2D eigenvalue weighted by atomic mass is 10.0. The predicted octanol–water partition coefficient (Wildman–Crippen LogP) is 1.49. The van der Waals surface area contributed by atoms with E-state index in [4.69, 9.17) is 5.11 Å². The monoisotopic (exact) mass is 382 g/mol. The van der Waals surface area contributed by atoms with Crippen LogP contribution in [0.1, 0.15) is 42.6 Å². The Balaban J connectivity index is 1.85. The summed E-state index contributed by atoms with van der Waals surface area (Å²) in [4.78, 5) is 23.2. The number of hydrogen-bond donors (Lipinski definition) is 2. The fourth-order valence-electron chi connectivity index (χ4n) is 3.08. The lowest BCUT2D eigenvalue weighted by Gasteiger charge is -2.32. The Bertz CT molecular complexity index is 753. The summed E-state index contributed by atoms with van der Waals surface area (Å²) >= 11 is 0. The van der Waals surface area contributed by atoms with Crippen molar-refractivity contribution in [1.29, 1.82) is 0 Å². The van der Waals surface area contributed by atoms with Crippen molar-refractivity contribution in [2.24, 2.45) is 5.92 Å². The number of carboxylic acid groups (broad SMARTS) is 1. The van der Waals surface area contributed by atoms with Crippen LogP contribution in [0.2, 0.25) is 0 Å². The molecular formula is C18H26N2O5S. The summed E-state index contributed by atoms with van der Waals surface area (Å²) in [5, 5.41) is 11.9. The largest absolute Gasteiger partial charge is 0.478 e. The van der Waals surface area contributed by atoms with E-state index in [2.05, 4.69) is 5.32 Å². The summed E-state index contributed by atoms with van der Waals surface area (Å²) in [5.74, 6) is -0.985. The van der Waals surface area contributed by atoms with Gasteiger partial charge in [-0.2, -0.15) is 0 Å². The molecule has 0 spiro atoms. The minimum Gasteiger partial charge on any atom is -0.478 e. The lowest BCUT2D eigenvalue weighted by Crippen LogP contribution is -2.47. The van der Waals surface area contributed by atoms with Crippen molar-refractivity contribution < 1.29 is 23.1 Å². The average molecular weight is 382 g/mol. The number of carbonyl (C=O) groups excluding carboxylic acids is 1. The van der Waals surface area contributed by atoms with Crippen LogP contribution in [-0.4, -0.2) is 54.6 Å². The van der Waals surface area contributed by atoms with Crippen molar-refractivity contribution >= 4 is 21.9 Å². The summed E-state index contributed by atoms with van der Waals surface area (Å²) in [7, 11) is -3.23. The number of piperidine rings is 1. The summed E-state index contributed by atoms with van der Waals surface area (Å²) in [6.45, 7) is 4.58. The Hall–Kier alpha value is -1.93. The molecule has 0 bridgehead atoms. The van der Waals surface area contributed by atoms with Gasteiger partial charge in [0.25, 0.3) is 0 Å². The van der Waals surface area contributed by atoms with Crippen LogP contribution in [0, 0.1) is 5.92 Å². The number of rotatable bonds is 7. The maximum Gasteiger partial charge on any atom is 0.335 e. The van der Waals surface area contributed by atoms with Crippen LogP contribution < -0.4 is 5.32 Å². The second kappa shape index (κ2) is 8.64. The van der Waals surface area contributed by atoms with Gasteiger partial charge >= 0.3 is 5.97 Å². The Morgan fingerprint density at radius 1 is 1.27 bits per heavy atom. The molecular weight excluding hydrogens is 356 g/mol. The number of hydrogen-bond acceptors (Lipinski definition) is 4. The van der Waals surface area contributed by atoms with E-state index >= 15 is 0 Å². The maximum atomic E-state index is 12.2. The van der Waals surface area contributed by atoms with Crippen molar-refractivity contribution in [2.45, 2.75) is 39.2 Å². The molecule has 1 saturated heterocycles. The number of carbonyl (C=O) groups is 2. The number of amides is 1. The number of nitrogens with one attached hydrogen (secondary N) is 1. The van der Waals surface area contributed by atoms with E-state index in [-0.39, 0.29) is 35.6 Å². The van der Waals surface area contributed by atoms with E-state index in [0.717, 1.165) is 0 Å². The van der Waals surface area contributed by atoms with Crippen LogP contribution in [0.15, 0.2) is 24.3 Å². The molecule has 2 N–H and O–H groups in total. The summed E-state index contributed by atoms with van der Waals surface area (Å²) in [6, 6.07) is 6.24. The molecule has 1 heterocycles. The molecule has 0 aliphatic carbocycles. The van der Waals surface area contributed by atoms with Gasteiger partial charge in [-0.1, -0.05) is 26.0 Å². The van der Waals surface area contributed by atoms with Crippen LogP contribution in [0.3, 0.4) is 0 Å². The maximum absolute atomic E-state index is 12.2. The highest BCUT2D eigenvalue weighted by atomic mass is 32.2. The van der Waals surface area contributed by atoms with Crippen LogP contribution in [0.25, 0.3) is 0 Å². The molecule has 1 fully saturated rings. The van der Waals surface area contributed by atoms with Gasteiger partial charge in [-0.05, 0) is 36.5 Å². The Labute approximate surface area is 154 Å². The van der Waals surface area contributed by atoms with Gasteiger partial charge in [-0.15, -0.1) is 0 Å². The molecule has 0 unspecified atom stereocenters. The van der Waals surface area contributed by atoms with Crippen molar-refractivity contribution in [3.05, 3.63) is 35.4 Å². The molecule has 0 aromatic heterocycles. The summed E-state index contributed by atoms with van der Waals surface area (Å²) in [5.41, 5.74) is 0.790. The number of benzene rings is 1. The highest BCUT2D eigenvalue weighted by Gasteiger charge is 2.29. The van der Waals surface area contributed by atoms with Gasteiger partial charge in [-0.3, -0.25) is 4.79 Å². The van der Waals surface area contributed by atoms with Gasteiger partial charge in [0.1, 0.15) is 0 Å². The van der Waals surface area contributed by atoms with E-state index in [1.165, 1.54) is 16.4 Å². The molecule has 0 atom stereocenters. The molecule has 1 amide bonds. The molecule has 26 heavy (non-hydrogen) atoms. The first-order valence-corrected chi connectivity index (χ1v) is 10.4. The third kappa shape index (κ3) is 5.81. The Morgan fingerprint density at radius 2 is 1.92 bits per heavy atom. The fraction of sp³-hybridized carbons (Fsp3) is 0.556. The molecule has 7 nitrogen and oxygen atoms in total. The molecule has 0 saturated carbocycles. The zero-order valence-electron chi connectivity index (χ0n) is 15.1. The van der Waals surface area contributed by atoms with Crippen LogP contribution in [0.4, 0.5) is 0 Å². The highest BCUT2D eigenvalue weighted by molar-refractivity contribution is 7.89. The molecule has 1 aromatic carbocycles. The zero-order chi connectivity index (χ0) is 19.3. The highest BCUT2D eigenvalue weighted by Crippen LogP contribution is 2.16. The molecule has 2 rings (SSSR count). The number of aromatic carboxylic acids is 1. The third-order valence-corrected chi connectivity index (χ3v) is 6.53. The smallest absolute Gasteiger partial charge is 0.335 e.